The summed E-state index contributed by atoms with van der Waals surface area (Å²) in [5.41, 5.74) is 1.88. The second kappa shape index (κ2) is 5.13. The van der Waals surface area contributed by atoms with Gasteiger partial charge in [0.25, 0.3) is 0 Å². The number of Topliss-reactive ketones (excluding diaryl/α,β-unsaturated/α-hetero) is 1. The van der Waals surface area contributed by atoms with Gasteiger partial charge < -0.3 is 5.32 Å². The molecule has 0 heterocycles. The SMILES string of the molecule is CCc1ccc(C(=O)CNC(=O)C2CC2)cc1. The molecule has 0 spiro atoms. The molecule has 1 aliphatic carbocycles. The highest BCUT2D eigenvalue weighted by Gasteiger charge is 2.29. The van der Waals surface area contributed by atoms with Gasteiger partial charge in [-0.3, -0.25) is 9.59 Å². The summed E-state index contributed by atoms with van der Waals surface area (Å²) in [6.07, 6.45) is 2.89. The second-order valence-corrected chi connectivity index (χ2v) is 4.47. The minimum Gasteiger partial charge on any atom is -0.348 e. The molecule has 0 saturated heterocycles. The zero-order chi connectivity index (χ0) is 12.3. The largest absolute Gasteiger partial charge is 0.348 e. The first kappa shape index (κ1) is 11.8. The lowest BCUT2D eigenvalue weighted by Crippen LogP contribution is -2.30. The van der Waals surface area contributed by atoms with E-state index in [0.29, 0.717) is 5.56 Å². The zero-order valence-electron chi connectivity index (χ0n) is 10.0. The van der Waals surface area contributed by atoms with E-state index in [1.165, 1.54) is 5.56 Å². The third-order valence-corrected chi connectivity index (χ3v) is 3.06. The van der Waals surface area contributed by atoms with Crippen LogP contribution < -0.4 is 5.32 Å². The van der Waals surface area contributed by atoms with E-state index in [1.807, 2.05) is 24.3 Å². The summed E-state index contributed by atoms with van der Waals surface area (Å²) in [5, 5.41) is 2.68. The number of amides is 1. The maximum atomic E-state index is 11.8. The summed E-state index contributed by atoms with van der Waals surface area (Å²) < 4.78 is 0. The van der Waals surface area contributed by atoms with E-state index in [4.69, 9.17) is 0 Å². The molecule has 0 aliphatic heterocycles. The number of aryl methyl sites for hydroxylation is 1. The Morgan fingerprint density at radius 3 is 2.41 bits per heavy atom. The molecule has 2 rings (SSSR count). The van der Waals surface area contributed by atoms with Crippen LogP contribution in [0.2, 0.25) is 0 Å². The van der Waals surface area contributed by atoms with Gasteiger partial charge in [0.05, 0.1) is 6.54 Å². The van der Waals surface area contributed by atoms with Gasteiger partial charge in [-0.05, 0) is 24.8 Å². The number of carbonyl (C=O) groups is 2. The van der Waals surface area contributed by atoms with Crippen molar-refractivity contribution in [2.45, 2.75) is 26.2 Å². The Labute approximate surface area is 101 Å². The molecule has 1 saturated carbocycles. The maximum absolute atomic E-state index is 11.8. The monoisotopic (exact) mass is 231 g/mol. The summed E-state index contributed by atoms with van der Waals surface area (Å²) in [5.74, 6) is 0.149. The lowest BCUT2D eigenvalue weighted by molar-refractivity contribution is -0.122. The Kier molecular flexibility index (Phi) is 3.57. The van der Waals surface area contributed by atoms with E-state index in [0.717, 1.165) is 19.3 Å². The van der Waals surface area contributed by atoms with Crippen molar-refractivity contribution < 1.29 is 9.59 Å². The molecule has 3 nitrogen and oxygen atoms in total. The zero-order valence-corrected chi connectivity index (χ0v) is 10.0. The Morgan fingerprint density at radius 2 is 1.88 bits per heavy atom. The van der Waals surface area contributed by atoms with Crippen LogP contribution in [0.25, 0.3) is 0 Å². The van der Waals surface area contributed by atoms with Gasteiger partial charge in [-0.25, -0.2) is 0 Å². The van der Waals surface area contributed by atoms with Crippen molar-refractivity contribution in [2.75, 3.05) is 6.54 Å². The fraction of sp³-hybridized carbons (Fsp3) is 0.429. The maximum Gasteiger partial charge on any atom is 0.223 e. The average Bonchev–Trinajstić information content (AvgIpc) is 3.20. The van der Waals surface area contributed by atoms with Crippen LogP contribution in [0.3, 0.4) is 0 Å². The highest BCUT2D eigenvalue weighted by molar-refractivity contribution is 5.99. The van der Waals surface area contributed by atoms with Crippen LogP contribution in [0.1, 0.15) is 35.7 Å². The van der Waals surface area contributed by atoms with Crippen LogP contribution in [0.4, 0.5) is 0 Å². The number of ketones is 1. The van der Waals surface area contributed by atoms with Gasteiger partial charge in [0.1, 0.15) is 0 Å². The van der Waals surface area contributed by atoms with Crippen molar-refractivity contribution in [3.8, 4) is 0 Å². The van der Waals surface area contributed by atoms with Gasteiger partial charge in [0, 0.05) is 11.5 Å². The van der Waals surface area contributed by atoms with Crippen molar-refractivity contribution in [3.63, 3.8) is 0 Å². The fourth-order valence-electron chi connectivity index (χ4n) is 1.69. The molecule has 1 aliphatic rings. The van der Waals surface area contributed by atoms with Crippen LogP contribution in [-0.4, -0.2) is 18.2 Å². The smallest absolute Gasteiger partial charge is 0.223 e. The number of nitrogens with one attached hydrogen (secondary N) is 1. The van der Waals surface area contributed by atoms with Crippen molar-refractivity contribution >= 4 is 11.7 Å². The molecule has 1 amide bonds. The van der Waals surface area contributed by atoms with E-state index >= 15 is 0 Å². The third-order valence-electron chi connectivity index (χ3n) is 3.06. The van der Waals surface area contributed by atoms with Crippen LogP contribution in [0.15, 0.2) is 24.3 Å². The molecule has 1 fully saturated rings. The number of hydrogen-bond acceptors (Lipinski definition) is 2. The molecule has 3 heteroatoms. The topological polar surface area (TPSA) is 46.2 Å². The van der Waals surface area contributed by atoms with Gasteiger partial charge in [0.2, 0.25) is 5.91 Å². The van der Waals surface area contributed by atoms with Crippen molar-refractivity contribution in [3.05, 3.63) is 35.4 Å². The highest BCUT2D eigenvalue weighted by atomic mass is 16.2. The van der Waals surface area contributed by atoms with Crippen molar-refractivity contribution in [2.24, 2.45) is 5.92 Å². The predicted molar refractivity (Wildman–Crippen MR) is 65.9 cm³/mol. The van der Waals surface area contributed by atoms with E-state index in [9.17, 15) is 9.59 Å². The van der Waals surface area contributed by atoms with E-state index in [-0.39, 0.29) is 24.2 Å². The minimum absolute atomic E-state index is 0.0172. The van der Waals surface area contributed by atoms with Gasteiger partial charge in [-0.1, -0.05) is 31.2 Å². The first-order valence-electron chi connectivity index (χ1n) is 6.10. The summed E-state index contributed by atoms with van der Waals surface area (Å²) in [6, 6.07) is 7.56. The Hall–Kier alpha value is -1.64. The molecule has 0 radical (unpaired) electrons. The second-order valence-electron chi connectivity index (χ2n) is 4.47. The van der Waals surface area contributed by atoms with Crippen LogP contribution in [0, 0.1) is 5.92 Å². The highest BCUT2D eigenvalue weighted by Crippen LogP contribution is 2.28. The minimum atomic E-state index is -0.0262. The van der Waals surface area contributed by atoms with Gasteiger partial charge in [-0.15, -0.1) is 0 Å². The van der Waals surface area contributed by atoms with Crippen molar-refractivity contribution in [1.82, 2.24) is 5.32 Å². The molecule has 1 aromatic carbocycles. The predicted octanol–water partition coefficient (Wildman–Crippen LogP) is 1.96. The molecule has 0 unspecified atom stereocenters. The molecular formula is C14H17NO2. The van der Waals surface area contributed by atoms with Gasteiger partial charge >= 0.3 is 0 Å². The first-order valence-corrected chi connectivity index (χ1v) is 6.10. The van der Waals surface area contributed by atoms with Gasteiger partial charge in [-0.2, -0.15) is 0 Å². The molecule has 1 aromatic rings. The Bertz CT molecular complexity index is 418. The molecule has 1 N–H and O–H groups in total. The number of benzene rings is 1. The standard InChI is InChI=1S/C14H17NO2/c1-2-10-3-5-11(6-4-10)13(16)9-15-14(17)12-7-8-12/h3-6,12H,2,7-9H2,1H3,(H,15,17). The van der Waals surface area contributed by atoms with E-state index < -0.39 is 0 Å². The summed E-state index contributed by atoms with van der Waals surface area (Å²) in [6.45, 7) is 2.19. The molecule has 90 valence electrons. The fourth-order valence-corrected chi connectivity index (χ4v) is 1.69. The Morgan fingerprint density at radius 1 is 1.24 bits per heavy atom. The van der Waals surface area contributed by atoms with E-state index in [2.05, 4.69) is 12.2 Å². The van der Waals surface area contributed by atoms with Crippen LogP contribution in [-0.2, 0) is 11.2 Å². The molecular weight excluding hydrogens is 214 g/mol. The average molecular weight is 231 g/mol. The summed E-state index contributed by atoms with van der Waals surface area (Å²) in [4.78, 5) is 23.2. The lowest BCUT2D eigenvalue weighted by atomic mass is 10.1. The van der Waals surface area contributed by atoms with Crippen molar-refractivity contribution in [1.29, 1.82) is 0 Å². The normalized spacial score (nSPS) is 14.4. The lowest BCUT2D eigenvalue weighted by Gasteiger charge is -2.04. The van der Waals surface area contributed by atoms with Gasteiger partial charge in [0.15, 0.2) is 5.78 Å². The number of rotatable bonds is 5. The first-order chi connectivity index (χ1) is 8.20. The summed E-state index contributed by atoms with van der Waals surface area (Å²) >= 11 is 0. The molecule has 0 aromatic heterocycles. The molecule has 0 bridgehead atoms. The number of hydrogen-bond donors (Lipinski definition) is 1. The number of carbonyl (C=O) groups excluding carboxylic acids is 2. The van der Waals surface area contributed by atoms with E-state index in [1.54, 1.807) is 0 Å². The summed E-state index contributed by atoms with van der Waals surface area (Å²) in [7, 11) is 0. The quantitative estimate of drug-likeness (QED) is 0.787. The molecule has 17 heavy (non-hydrogen) atoms. The van der Waals surface area contributed by atoms with Crippen LogP contribution in [0.5, 0.6) is 0 Å². The third kappa shape index (κ3) is 3.16. The molecule has 0 atom stereocenters. The van der Waals surface area contributed by atoms with Crippen LogP contribution >= 0.6 is 0 Å². The Balaban J connectivity index is 1.87.